The van der Waals surface area contributed by atoms with E-state index in [1.807, 2.05) is 45.0 Å². The van der Waals surface area contributed by atoms with Crippen LogP contribution in [0.4, 0.5) is 0 Å². The van der Waals surface area contributed by atoms with Gasteiger partial charge in [-0.25, -0.2) is 5.84 Å². The summed E-state index contributed by atoms with van der Waals surface area (Å²) in [5, 5.41) is 1.61. The maximum absolute atomic E-state index is 5.92. The number of hydrazine groups is 1. The third-order valence-corrected chi connectivity index (χ3v) is 2.27. The lowest BCUT2D eigenvalue weighted by atomic mass is 10.1. The molecule has 4 N–H and O–H groups in total. The zero-order valence-corrected chi connectivity index (χ0v) is 9.57. The molecule has 0 saturated carbocycles. The van der Waals surface area contributed by atoms with E-state index in [1.165, 1.54) is 5.56 Å². The number of nitrogens with two attached hydrogens (primary N) is 2. The third kappa shape index (κ3) is 3.29. The standard InChI is InChI=1S/C12H19N3/c1-9(2)15(14)8-12(13)11-6-4-10(3)5-7-11/h4-9H,13-14H2,1-3H3/b12-8-. The van der Waals surface area contributed by atoms with Crippen molar-refractivity contribution in [1.29, 1.82) is 0 Å². The molecule has 1 aromatic carbocycles. The fourth-order valence-electron chi connectivity index (χ4n) is 1.13. The summed E-state index contributed by atoms with van der Waals surface area (Å²) in [6.45, 7) is 6.07. The lowest BCUT2D eigenvalue weighted by molar-refractivity contribution is 0.324. The first kappa shape index (κ1) is 11.6. The van der Waals surface area contributed by atoms with Gasteiger partial charge in [-0.3, -0.25) is 0 Å². The predicted molar refractivity (Wildman–Crippen MR) is 64.5 cm³/mol. The Morgan fingerprint density at radius 2 is 1.80 bits per heavy atom. The van der Waals surface area contributed by atoms with E-state index >= 15 is 0 Å². The number of hydrogen-bond acceptors (Lipinski definition) is 3. The van der Waals surface area contributed by atoms with Crippen molar-refractivity contribution in [2.45, 2.75) is 26.8 Å². The second kappa shape index (κ2) is 4.84. The molecule has 0 bridgehead atoms. The Hall–Kier alpha value is -1.48. The summed E-state index contributed by atoms with van der Waals surface area (Å²) in [6.07, 6.45) is 1.76. The number of nitrogens with zero attached hydrogens (tertiary/aromatic N) is 1. The van der Waals surface area contributed by atoms with E-state index < -0.39 is 0 Å². The normalized spacial score (nSPS) is 11.9. The van der Waals surface area contributed by atoms with E-state index in [0.717, 1.165) is 5.56 Å². The highest BCUT2D eigenvalue weighted by atomic mass is 15.4. The van der Waals surface area contributed by atoms with Crippen LogP contribution in [0.5, 0.6) is 0 Å². The molecule has 0 aromatic heterocycles. The van der Waals surface area contributed by atoms with Crippen LogP contribution in [0.15, 0.2) is 30.5 Å². The molecule has 0 atom stereocenters. The molecule has 0 amide bonds. The zero-order valence-electron chi connectivity index (χ0n) is 9.57. The van der Waals surface area contributed by atoms with Crippen molar-refractivity contribution in [3.05, 3.63) is 41.6 Å². The Morgan fingerprint density at radius 1 is 1.27 bits per heavy atom. The van der Waals surface area contributed by atoms with Crippen LogP contribution in [0.2, 0.25) is 0 Å². The summed E-state index contributed by atoms with van der Waals surface area (Å²) >= 11 is 0. The quantitative estimate of drug-likeness (QED) is 0.584. The van der Waals surface area contributed by atoms with Crippen molar-refractivity contribution < 1.29 is 0 Å². The smallest absolute Gasteiger partial charge is 0.0564 e. The van der Waals surface area contributed by atoms with Gasteiger partial charge in [-0.2, -0.15) is 0 Å². The first-order chi connectivity index (χ1) is 7.00. The second-order valence-electron chi connectivity index (χ2n) is 3.99. The third-order valence-electron chi connectivity index (χ3n) is 2.27. The lowest BCUT2D eigenvalue weighted by Gasteiger charge is -2.19. The summed E-state index contributed by atoms with van der Waals surface area (Å²) in [5.74, 6) is 5.76. The van der Waals surface area contributed by atoms with Gasteiger partial charge in [-0.15, -0.1) is 0 Å². The molecule has 1 aromatic rings. The minimum absolute atomic E-state index is 0.244. The molecule has 82 valence electrons. The van der Waals surface area contributed by atoms with Crippen LogP contribution in [-0.4, -0.2) is 11.1 Å². The highest BCUT2D eigenvalue weighted by molar-refractivity contribution is 5.62. The Balaban J connectivity index is 2.84. The monoisotopic (exact) mass is 205 g/mol. The molecule has 1 rings (SSSR count). The largest absolute Gasteiger partial charge is 0.397 e. The first-order valence-electron chi connectivity index (χ1n) is 5.08. The van der Waals surface area contributed by atoms with E-state index in [0.29, 0.717) is 5.70 Å². The SMILES string of the molecule is Cc1ccc(/C(N)=C/N(N)C(C)C)cc1. The zero-order chi connectivity index (χ0) is 11.4. The highest BCUT2D eigenvalue weighted by Crippen LogP contribution is 2.10. The molecule has 0 aliphatic heterocycles. The summed E-state index contributed by atoms with van der Waals surface area (Å²) < 4.78 is 0. The number of aryl methyl sites for hydroxylation is 1. The molecule has 15 heavy (non-hydrogen) atoms. The van der Waals surface area contributed by atoms with Gasteiger partial charge < -0.3 is 10.7 Å². The van der Waals surface area contributed by atoms with Crippen molar-refractivity contribution in [2.75, 3.05) is 0 Å². The maximum atomic E-state index is 5.92. The van der Waals surface area contributed by atoms with E-state index in [1.54, 1.807) is 11.2 Å². The van der Waals surface area contributed by atoms with Crippen LogP contribution in [0.25, 0.3) is 5.70 Å². The topological polar surface area (TPSA) is 55.3 Å². The van der Waals surface area contributed by atoms with Gasteiger partial charge >= 0.3 is 0 Å². The van der Waals surface area contributed by atoms with Crippen LogP contribution in [-0.2, 0) is 0 Å². The Labute approximate surface area is 91.3 Å². The minimum Gasteiger partial charge on any atom is -0.397 e. The molecule has 0 spiro atoms. The second-order valence-corrected chi connectivity index (χ2v) is 3.99. The summed E-state index contributed by atoms with van der Waals surface area (Å²) in [4.78, 5) is 0. The van der Waals surface area contributed by atoms with Gasteiger partial charge in [0, 0.05) is 12.2 Å². The molecule has 0 aliphatic carbocycles. The Morgan fingerprint density at radius 3 is 2.27 bits per heavy atom. The van der Waals surface area contributed by atoms with Crippen LogP contribution < -0.4 is 11.6 Å². The van der Waals surface area contributed by atoms with Gasteiger partial charge in [0.05, 0.1) is 5.70 Å². The van der Waals surface area contributed by atoms with Crippen LogP contribution >= 0.6 is 0 Å². The molecule has 0 unspecified atom stereocenters. The van der Waals surface area contributed by atoms with Crippen molar-refractivity contribution in [2.24, 2.45) is 11.6 Å². The van der Waals surface area contributed by atoms with E-state index in [9.17, 15) is 0 Å². The molecule has 0 aliphatic rings. The van der Waals surface area contributed by atoms with E-state index in [-0.39, 0.29) is 6.04 Å². The number of rotatable bonds is 3. The summed E-state index contributed by atoms with van der Waals surface area (Å²) in [7, 11) is 0. The highest BCUT2D eigenvalue weighted by Gasteiger charge is 2.01. The molecule has 3 nitrogen and oxygen atoms in total. The van der Waals surface area contributed by atoms with Crippen molar-refractivity contribution in [1.82, 2.24) is 5.01 Å². The van der Waals surface area contributed by atoms with Crippen molar-refractivity contribution in [3.8, 4) is 0 Å². The van der Waals surface area contributed by atoms with Gasteiger partial charge in [0.25, 0.3) is 0 Å². The Kier molecular flexibility index (Phi) is 3.74. The number of benzene rings is 1. The Bertz CT molecular complexity index is 338. The summed E-state index contributed by atoms with van der Waals surface area (Å²) in [5.41, 5.74) is 8.83. The molecule has 3 heteroatoms. The minimum atomic E-state index is 0.244. The van der Waals surface area contributed by atoms with Gasteiger partial charge in [0.2, 0.25) is 0 Å². The van der Waals surface area contributed by atoms with Crippen molar-refractivity contribution in [3.63, 3.8) is 0 Å². The average Bonchev–Trinajstić information content (AvgIpc) is 2.18. The van der Waals surface area contributed by atoms with Crippen LogP contribution in [0, 0.1) is 6.92 Å². The van der Waals surface area contributed by atoms with E-state index in [4.69, 9.17) is 11.6 Å². The fraction of sp³-hybridized carbons (Fsp3) is 0.333. The molecule has 0 heterocycles. The van der Waals surface area contributed by atoms with Crippen LogP contribution in [0.3, 0.4) is 0 Å². The van der Waals surface area contributed by atoms with E-state index in [2.05, 4.69) is 0 Å². The predicted octanol–water partition coefficient (Wildman–Crippen LogP) is 1.84. The van der Waals surface area contributed by atoms with Crippen LogP contribution in [0.1, 0.15) is 25.0 Å². The lowest BCUT2D eigenvalue weighted by Crippen LogP contribution is -2.32. The average molecular weight is 205 g/mol. The molecule has 0 fully saturated rings. The number of hydrogen-bond donors (Lipinski definition) is 2. The fourth-order valence-corrected chi connectivity index (χ4v) is 1.13. The maximum Gasteiger partial charge on any atom is 0.0564 e. The molecule has 0 radical (unpaired) electrons. The van der Waals surface area contributed by atoms with Gasteiger partial charge in [-0.1, -0.05) is 29.8 Å². The van der Waals surface area contributed by atoms with Crippen molar-refractivity contribution >= 4 is 5.70 Å². The van der Waals surface area contributed by atoms with Gasteiger partial charge in [0.1, 0.15) is 0 Å². The van der Waals surface area contributed by atoms with Gasteiger partial charge in [0.15, 0.2) is 0 Å². The molecular weight excluding hydrogens is 186 g/mol. The molecule has 0 saturated heterocycles. The van der Waals surface area contributed by atoms with Gasteiger partial charge in [-0.05, 0) is 26.3 Å². The molecular formula is C12H19N3. The first-order valence-corrected chi connectivity index (χ1v) is 5.08. The summed E-state index contributed by atoms with van der Waals surface area (Å²) in [6, 6.07) is 8.30.